The number of carbonyl (C=O) groups excluding carboxylic acids is 2. The number of benzene rings is 1. The second kappa shape index (κ2) is 5.88. The van der Waals surface area contributed by atoms with Gasteiger partial charge in [-0.2, -0.15) is 0 Å². The van der Waals surface area contributed by atoms with Gasteiger partial charge in [-0.1, -0.05) is 18.2 Å². The van der Waals surface area contributed by atoms with E-state index >= 15 is 0 Å². The molecular weight excluding hydrogens is 318 g/mol. The molecule has 0 saturated heterocycles. The third-order valence-electron chi connectivity index (χ3n) is 4.97. The lowest BCUT2D eigenvalue weighted by Crippen LogP contribution is -2.39. The van der Waals surface area contributed by atoms with E-state index in [1.54, 1.807) is 18.3 Å². The van der Waals surface area contributed by atoms with Gasteiger partial charge in [0.25, 0.3) is 5.91 Å². The van der Waals surface area contributed by atoms with Crippen LogP contribution in [0.3, 0.4) is 0 Å². The van der Waals surface area contributed by atoms with E-state index in [2.05, 4.69) is 15.6 Å². The van der Waals surface area contributed by atoms with E-state index in [1.807, 2.05) is 24.4 Å². The van der Waals surface area contributed by atoms with Crippen molar-refractivity contribution in [2.45, 2.75) is 24.8 Å². The highest BCUT2D eigenvalue weighted by molar-refractivity contribution is 6.02. The van der Waals surface area contributed by atoms with Crippen LogP contribution >= 0.6 is 0 Å². The van der Waals surface area contributed by atoms with Crippen molar-refractivity contribution in [1.82, 2.24) is 10.6 Å². The minimum Gasteiger partial charge on any atom is -0.465 e. The first-order chi connectivity index (χ1) is 12.1. The predicted molar refractivity (Wildman–Crippen MR) is 92.7 cm³/mol. The monoisotopic (exact) mass is 337 g/mol. The smallest absolute Gasteiger partial charge is 0.337 e. The van der Waals surface area contributed by atoms with Crippen LogP contribution in [0.15, 0.2) is 52.9 Å². The van der Waals surface area contributed by atoms with Gasteiger partial charge in [-0.15, -0.1) is 0 Å². The molecule has 0 bridgehead atoms. The number of hydrogen-bond acceptors (Lipinski definition) is 5. The van der Waals surface area contributed by atoms with E-state index in [0.717, 1.165) is 30.6 Å². The number of hydrogen-bond donors (Lipinski definition) is 2. The molecule has 25 heavy (non-hydrogen) atoms. The zero-order valence-electron chi connectivity index (χ0n) is 13.9. The lowest BCUT2D eigenvalue weighted by Gasteiger charge is -2.29. The summed E-state index contributed by atoms with van der Waals surface area (Å²) in [6.45, 7) is 0. The van der Waals surface area contributed by atoms with E-state index in [9.17, 15) is 9.59 Å². The summed E-state index contributed by atoms with van der Waals surface area (Å²) in [6, 6.07) is 7.42. The maximum absolute atomic E-state index is 12.2. The first-order valence-electron chi connectivity index (χ1n) is 8.34. The summed E-state index contributed by atoms with van der Waals surface area (Å²) < 4.78 is 4.74. The average Bonchev–Trinajstić information content (AvgIpc) is 3.42. The van der Waals surface area contributed by atoms with Crippen LogP contribution in [-0.4, -0.2) is 25.2 Å². The molecule has 2 N–H and O–H groups in total. The number of allylic oxidation sites excluding steroid dienone is 1. The van der Waals surface area contributed by atoms with Gasteiger partial charge < -0.3 is 15.4 Å². The Kier molecular flexibility index (Phi) is 3.67. The van der Waals surface area contributed by atoms with Crippen LogP contribution in [0, 0.1) is 5.92 Å². The summed E-state index contributed by atoms with van der Waals surface area (Å²) in [7, 11) is 1.37. The van der Waals surface area contributed by atoms with Gasteiger partial charge in [-0.3, -0.25) is 4.79 Å². The van der Waals surface area contributed by atoms with E-state index in [0.29, 0.717) is 11.1 Å². The normalized spacial score (nSPS) is 22.9. The molecule has 4 rings (SSSR count). The molecule has 128 valence electrons. The minimum absolute atomic E-state index is 0.0752. The molecule has 1 saturated carbocycles. The van der Waals surface area contributed by atoms with Crippen LogP contribution in [0.5, 0.6) is 0 Å². The number of fused-ring (bicyclic) bond motifs is 1. The van der Waals surface area contributed by atoms with Gasteiger partial charge in [0.1, 0.15) is 5.82 Å². The summed E-state index contributed by atoms with van der Waals surface area (Å²) in [4.78, 5) is 27.7. The number of aliphatic imine (C=N–C) groups is 1. The molecule has 1 unspecified atom stereocenters. The van der Waals surface area contributed by atoms with Crippen molar-refractivity contribution >= 4 is 18.1 Å². The van der Waals surface area contributed by atoms with Crippen LogP contribution in [0.25, 0.3) is 0 Å². The maximum Gasteiger partial charge on any atom is 0.337 e. The summed E-state index contributed by atoms with van der Waals surface area (Å²) in [6.07, 6.45) is 8.23. The van der Waals surface area contributed by atoms with Crippen LogP contribution in [0.2, 0.25) is 0 Å². The van der Waals surface area contributed by atoms with Crippen molar-refractivity contribution in [1.29, 1.82) is 0 Å². The zero-order valence-corrected chi connectivity index (χ0v) is 13.9. The second-order valence-corrected chi connectivity index (χ2v) is 6.53. The fourth-order valence-electron chi connectivity index (χ4n) is 3.38. The lowest BCUT2D eigenvalue weighted by atomic mass is 9.91. The Balaban J connectivity index is 1.61. The molecule has 1 aromatic rings. The Bertz CT molecular complexity index is 817. The molecule has 2 heterocycles. The third-order valence-corrected chi connectivity index (χ3v) is 4.97. The fraction of sp³-hybridized carbons (Fsp3) is 0.316. The van der Waals surface area contributed by atoms with Gasteiger partial charge in [0.15, 0.2) is 0 Å². The summed E-state index contributed by atoms with van der Waals surface area (Å²) >= 11 is 0. The first kappa shape index (κ1) is 15.6. The minimum atomic E-state index is -0.345. The Labute approximate surface area is 145 Å². The van der Waals surface area contributed by atoms with Crippen molar-refractivity contribution < 1.29 is 14.3 Å². The third kappa shape index (κ3) is 2.73. The SMILES string of the molecule is COC(=O)c1ccc(C2(NC3=C4C(=O)N=CCC4C=CN3)CC2)cc1. The van der Waals surface area contributed by atoms with E-state index in [-0.39, 0.29) is 23.3 Å². The fourth-order valence-corrected chi connectivity index (χ4v) is 3.38. The molecule has 1 amide bonds. The predicted octanol–water partition coefficient (Wildman–Crippen LogP) is 2.00. The summed E-state index contributed by atoms with van der Waals surface area (Å²) in [5.41, 5.74) is 2.11. The Morgan fingerprint density at radius 2 is 2.08 bits per heavy atom. The number of ether oxygens (including phenoxy) is 1. The number of methoxy groups -OCH3 is 1. The molecule has 1 atom stereocenters. The van der Waals surface area contributed by atoms with Gasteiger partial charge in [-0.25, -0.2) is 9.79 Å². The van der Waals surface area contributed by atoms with Crippen LogP contribution in [0.4, 0.5) is 0 Å². The quantitative estimate of drug-likeness (QED) is 0.822. The van der Waals surface area contributed by atoms with Gasteiger partial charge in [-0.05, 0) is 43.2 Å². The van der Waals surface area contributed by atoms with Gasteiger partial charge in [0.05, 0.1) is 23.8 Å². The van der Waals surface area contributed by atoms with Crippen molar-refractivity contribution in [2.24, 2.45) is 10.9 Å². The molecule has 1 aromatic carbocycles. The van der Waals surface area contributed by atoms with Crippen LogP contribution in [-0.2, 0) is 15.1 Å². The van der Waals surface area contributed by atoms with Crippen molar-refractivity contribution in [3.63, 3.8) is 0 Å². The van der Waals surface area contributed by atoms with E-state index in [4.69, 9.17) is 4.74 Å². The molecular formula is C19H19N3O3. The highest BCUT2D eigenvalue weighted by Gasteiger charge is 2.46. The maximum atomic E-state index is 12.2. The molecule has 0 aromatic heterocycles. The summed E-state index contributed by atoms with van der Waals surface area (Å²) in [5, 5.41) is 6.69. The van der Waals surface area contributed by atoms with E-state index < -0.39 is 0 Å². The standard InChI is InChI=1S/C19H19N3O3/c1-25-18(24)13-2-4-14(5-3-13)19(8-9-19)22-16-15-12(6-10-20-16)7-11-21-17(15)23/h2-6,10-12,20,22H,7-9H2,1H3. The number of nitrogens with one attached hydrogen (secondary N) is 2. The first-order valence-corrected chi connectivity index (χ1v) is 8.34. The van der Waals surface area contributed by atoms with Crippen molar-refractivity contribution in [3.8, 4) is 0 Å². The zero-order chi connectivity index (χ0) is 17.4. The molecule has 1 fully saturated rings. The summed E-state index contributed by atoms with van der Waals surface area (Å²) in [5.74, 6) is 0.282. The highest BCUT2D eigenvalue weighted by atomic mass is 16.5. The average molecular weight is 337 g/mol. The number of carbonyl (C=O) groups is 2. The van der Waals surface area contributed by atoms with Gasteiger partial charge >= 0.3 is 5.97 Å². The Morgan fingerprint density at radius 1 is 1.32 bits per heavy atom. The van der Waals surface area contributed by atoms with Gasteiger partial charge in [0.2, 0.25) is 0 Å². The number of rotatable bonds is 4. The van der Waals surface area contributed by atoms with Crippen LogP contribution < -0.4 is 10.6 Å². The van der Waals surface area contributed by atoms with E-state index in [1.165, 1.54) is 7.11 Å². The highest BCUT2D eigenvalue weighted by Crippen LogP contribution is 2.46. The van der Waals surface area contributed by atoms with Crippen LogP contribution in [0.1, 0.15) is 35.2 Å². The second-order valence-electron chi connectivity index (χ2n) is 6.53. The molecule has 2 aliphatic heterocycles. The molecule has 6 heteroatoms. The lowest BCUT2D eigenvalue weighted by molar-refractivity contribution is -0.115. The van der Waals surface area contributed by atoms with Gasteiger partial charge in [0, 0.05) is 12.1 Å². The largest absolute Gasteiger partial charge is 0.465 e. The Morgan fingerprint density at radius 3 is 2.76 bits per heavy atom. The molecule has 6 nitrogen and oxygen atoms in total. The molecule has 0 radical (unpaired) electrons. The molecule has 0 spiro atoms. The van der Waals surface area contributed by atoms with Crippen molar-refractivity contribution in [2.75, 3.05) is 7.11 Å². The number of dihydropyridines is 1. The number of amides is 1. The number of nitrogens with zero attached hydrogens (tertiary/aromatic N) is 1. The topological polar surface area (TPSA) is 79.8 Å². The van der Waals surface area contributed by atoms with Crippen molar-refractivity contribution in [3.05, 3.63) is 59.1 Å². The Hall–Kier alpha value is -2.89. The molecule has 1 aliphatic carbocycles. The molecule has 3 aliphatic rings. The number of esters is 1.